The molecule has 2 aromatic rings. The number of imide groups is 1. The third-order valence-corrected chi connectivity index (χ3v) is 4.87. The molecule has 0 aromatic heterocycles. The van der Waals surface area contributed by atoms with Crippen LogP contribution < -0.4 is 15.5 Å². The molecule has 140 valence electrons. The lowest BCUT2D eigenvalue weighted by Crippen LogP contribution is -2.38. The van der Waals surface area contributed by atoms with E-state index in [1.54, 1.807) is 42.5 Å². The number of carbonyl (C=O) groups excluding carboxylic acids is 3. The van der Waals surface area contributed by atoms with Crippen molar-refractivity contribution in [1.82, 2.24) is 5.32 Å². The van der Waals surface area contributed by atoms with Crippen LogP contribution in [0, 0.1) is 0 Å². The Labute approximate surface area is 166 Å². The van der Waals surface area contributed by atoms with Gasteiger partial charge in [0, 0.05) is 19.2 Å². The molecule has 1 atom stereocenters. The molecule has 0 spiro atoms. The van der Waals surface area contributed by atoms with Crippen LogP contribution in [0.15, 0.2) is 42.5 Å². The predicted molar refractivity (Wildman–Crippen MR) is 105 cm³/mol. The second-order valence-corrected chi connectivity index (χ2v) is 7.00. The molecule has 1 aliphatic rings. The quantitative estimate of drug-likeness (QED) is 0.747. The van der Waals surface area contributed by atoms with Gasteiger partial charge >= 0.3 is 0 Å². The van der Waals surface area contributed by atoms with Crippen molar-refractivity contribution in [1.29, 1.82) is 0 Å². The topological polar surface area (TPSA) is 78.5 Å². The summed E-state index contributed by atoms with van der Waals surface area (Å²) in [7, 11) is 0. The van der Waals surface area contributed by atoms with Crippen LogP contribution in [0.25, 0.3) is 0 Å². The van der Waals surface area contributed by atoms with Crippen molar-refractivity contribution < 1.29 is 14.4 Å². The van der Waals surface area contributed by atoms with Gasteiger partial charge in [0.1, 0.15) is 0 Å². The standard InChI is InChI=1S/C19H17Cl2N3O3/c1-11(25)23-13-3-5-14(6-4-13)24-18(26)9-17(19(24)27)22-10-12-2-7-15(20)16(21)8-12/h2-8,17,22H,9-10H2,1H3,(H,23,25)/t17-/m1/s1. The van der Waals surface area contributed by atoms with Gasteiger partial charge in [-0.3, -0.25) is 14.4 Å². The third kappa shape index (κ3) is 4.47. The summed E-state index contributed by atoms with van der Waals surface area (Å²) in [4.78, 5) is 37.2. The minimum atomic E-state index is -0.609. The molecule has 0 unspecified atom stereocenters. The Morgan fingerprint density at radius 1 is 1.11 bits per heavy atom. The summed E-state index contributed by atoms with van der Waals surface area (Å²) >= 11 is 11.9. The largest absolute Gasteiger partial charge is 0.326 e. The van der Waals surface area contributed by atoms with Crippen LogP contribution in [-0.2, 0) is 20.9 Å². The number of hydrogen-bond acceptors (Lipinski definition) is 4. The maximum Gasteiger partial charge on any atom is 0.251 e. The molecule has 8 heteroatoms. The van der Waals surface area contributed by atoms with Crippen molar-refractivity contribution in [3.05, 3.63) is 58.1 Å². The van der Waals surface area contributed by atoms with Crippen molar-refractivity contribution in [3.8, 4) is 0 Å². The highest BCUT2D eigenvalue weighted by Crippen LogP contribution is 2.26. The first-order chi connectivity index (χ1) is 12.8. The van der Waals surface area contributed by atoms with Gasteiger partial charge in [0.05, 0.1) is 28.2 Å². The molecule has 27 heavy (non-hydrogen) atoms. The molecule has 0 bridgehead atoms. The van der Waals surface area contributed by atoms with Gasteiger partial charge in [-0.05, 0) is 42.0 Å². The third-order valence-electron chi connectivity index (χ3n) is 4.13. The highest BCUT2D eigenvalue weighted by molar-refractivity contribution is 6.42. The van der Waals surface area contributed by atoms with Gasteiger partial charge in [-0.25, -0.2) is 4.90 Å². The van der Waals surface area contributed by atoms with Gasteiger partial charge in [0.2, 0.25) is 11.8 Å². The van der Waals surface area contributed by atoms with Crippen molar-refractivity contribution in [2.24, 2.45) is 0 Å². The summed E-state index contributed by atoms with van der Waals surface area (Å²) in [5.74, 6) is -0.783. The first-order valence-corrected chi connectivity index (χ1v) is 9.02. The SMILES string of the molecule is CC(=O)Nc1ccc(N2C(=O)C[C@@H](NCc3ccc(Cl)c(Cl)c3)C2=O)cc1. The Kier molecular flexibility index (Phi) is 5.79. The monoisotopic (exact) mass is 405 g/mol. The summed E-state index contributed by atoms with van der Waals surface area (Å²) < 4.78 is 0. The fourth-order valence-electron chi connectivity index (χ4n) is 2.85. The minimum Gasteiger partial charge on any atom is -0.326 e. The Hall–Kier alpha value is -2.41. The Balaban J connectivity index is 1.67. The zero-order valence-corrected chi connectivity index (χ0v) is 16.0. The maximum atomic E-state index is 12.6. The predicted octanol–water partition coefficient (Wildman–Crippen LogP) is 3.37. The molecule has 1 fully saturated rings. The van der Waals surface area contributed by atoms with Gasteiger partial charge in [0.15, 0.2) is 0 Å². The van der Waals surface area contributed by atoms with Crippen molar-refractivity contribution >= 4 is 52.3 Å². The zero-order chi connectivity index (χ0) is 19.6. The van der Waals surface area contributed by atoms with Gasteiger partial charge in [0.25, 0.3) is 5.91 Å². The average molecular weight is 406 g/mol. The molecular formula is C19H17Cl2N3O3. The van der Waals surface area contributed by atoms with Crippen LogP contribution in [-0.4, -0.2) is 23.8 Å². The Bertz CT molecular complexity index is 900. The maximum absolute atomic E-state index is 12.6. The van der Waals surface area contributed by atoms with Crippen molar-refractivity contribution in [2.45, 2.75) is 25.9 Å². The summed E-state index contributed by atoms with van der Waals surface area (Å²) in [6.07, 6.45) is 0.0770. The lowest BCUT2D eigenvalue weighted by Gasteiger charge is -2.16. The van der Waals surface area contributed by atoms with E-state index in [4.69, 9.17) is 23.2 Å². The number of halogens is 2. The lowest BCUT2D eigenvalue weighted by molar-refractivity contribution is -0.121. The Morgan fingerprint density at radius 3 is 2.44 bits per heavy atom. The Morgan fingerprint density at radius 2 is 1.81 bits per heavy atom. The van der Waals surface area contributed by atoms with Gasteiger partial charge < -0.3 is 10.6 Å². The van der Waals surface area contributed by atoms with E-state index in [0.29, 0.717) is 28.0 Å². The van der Waals surface area contributed by atoms with Crippen LogP contribution >= 0.6 is 23.2 Å². The first kappa shape index (κ1) is 19.4. The normalized spacial score (nSPS) is 16.7. The van der Waals surface area contributed by atoms with Crippen LogP contribution in [0.1, 0.15) is 18.9 Å². The van der Waals surface area contributed by atoms with E-state index in [0.717, 1.165) is 10.5 Å². The fourth-order valence-corrected chi connectivity index (χ4v) is 3.17. The molecule has 0 saturated carbocycles. The number of nitrogens with one attached hydrogen (secondary N) is 2. The van der Waals surface area contributed by atoms with E-state index in [1.807, 2.05) is 0 Å². The zero-order valence-electron chi connectivity index (χ0n) is 14.5. The molecule has 3 rings (SSSR count). The first-order valence-electron chi connectivity index (χ1n) is 8.27. The highest BCUT2D eigenvalue weighted by Gasteiger charge is 2.39. The molecule has 3 amide bonds. The molecule has 1 aliphatic heterocycles. The molecule has 6 nitrogen and oxygen atoms in total. The minimum absolute atomic E-state index is 0.0770. The van der Waals surface area contributed by atoms with Crippen LogP contribution in [0.4, 0.5) is 11.4 Å². The van der Waals surface area contributed by atoms with Crippen LogP contribution in [0.5, 0.6) is 0 Å². The number of benzene rings is 2. The molecule has 0 aliphatic carbocycles. The van der Waals surface area contributed by atoms with E-state index >= 15 is 0 Å². The summed E-state index contributed by atoms with van der Waals surface area (Å²) in [5, 5.41) is 6.63. The number of anilines is 2. The average Bonchev–Trinajstić information content (AvgIpc) is 2.90. The number of rotatable bonds is 5. The van der Waals surface area contributed by atoms with Gasteiger partial charge in [-0.15, -0.1) is 0 Å². The molecule has 1 heterocycles. The van der Waals surface area contributed by atoms with E-state index < -0.39 is 6.04 Å². The second kappa shape index (κ2) is 8.08. The highest BCUT2D eigenvalue weighted by atomic mass is 35.5. The molecular weight excluding hydrogens is 389 g/mol. The summed E-state index contributed by atoms with van der Waals surface area (Å²) in [5.41, 5.74) is 1.93. The number of nitrogens with zero attached hydrogens (tertiary/aromatic N) is 1. The van der Waals surface area contributed by atoms with Crippen molar-refractivity contribution in [3.63, 3.8) is 0 Å². The van der Waals surface area contributed by atoms with Gasteiger partial charge in [-0.2, -0.15) is 0 Å². The molecule has 2 N–H and O–H groups in total. The number of amides is 3. The van der Waals surface area contributed by atoms with E-state index in [-0.39, 0.29) is 24.1 Å². The number of hydrogen-bond donors (Lipinski definition) is 2. The van der Waals surface area contributed by atoms with Crippen LogP contribution in [0.2, 0.25) is 10.0 Å². The summed E-state index contributed by atoms with van der Waals surface area (Å²) in [6.45, 7) is 1.79. The smallest absolute Gasteiger partial charge is 0.251 e. The van der Waals surface area contributed by atoms with E-state index in [1.165, 1.54) is 6.92 Å². The second-order valence-electron chi connectivity index (χ2n) is 6.18. The van der Waals surface area contributed by atoms with Gasteiger partial charge in [-0.1, -0.05) is 29.3 Å². The molecule has 2 aromatic carbocycles. The van der Waals surface area contributed by atoms with Crippen LogP contribution in [0.3, 0.4) is 0 Å². The van der Waals surface area contributed by atoms with E-state index in [9.17, 15) is 14.4 Å². The lowest BCUT2D eigenvalue weighted by atomic mass is 10.2. The number of carbonyl (C=O) groups is 3. The molecule has 0 radical (unpaired) electrons. The fraction of sp³-hybridized carbons (Fsp3) is 0.211. The molecule has 1 saturated heterocycles. The summed E-state index contributed by atoms with van der Waals surface area (Å²) in [6, 6.07) is 11.2. The van der Waals surface area contributed by atoms with E-state index in [2.05, 4.69) is 10.6 Å². The van der Waals surface area contributed by atoms with Crippen molar-refractivity contribution in [2.75, 3.05) is 10.2 Å².